The molecule has 0 aliphatic heterocycles. The van der Waals surface area contributed by atoms with E-state index in [4.69, 9.17) is 0 Å². The van der Waals surface area contributed by atoms with Crippen LogP contribution in [0.15, 0.2) is 54.9 Å². The van der Waals surface area contributed by atoms with Crippen molar-refractivity contribution in [2.24, 2.45) is 0 Å². The molecule has 2 heterocycles. The zero-order valence-corrected chi connectivity index (χ0v) is 12.4. The lowest BCUT2D eigenvalue weighted by Gasteiger charge is -2.11. The van der Waals surface area contributed by atoms with E-state index in [-0.39, 0.29) is 5.78 Å². The quantitative estimate of drug-likeness (QED) is 0.690. The predicted molar refractivity (Wildman–Crippen MR) is 85.4 cm³/mol. The third kappa shape index (κ3) is 2.63. The van der Waals surface area contributed by atoms with Crippen molar-refractivity contribution in [1.29, 1.82) is 0 Å². The maximum absolute atomic E-state index is 12.0. The Bertz CT molecular complexity index is 814. The second-order valence-corrected chi connectivity index (χ2v) is 5.01. The summed E-state index contributed by atoms with van der Waals surface area (Å²) >= 11 is 0. The molecule has 4 heteroatoms. The number of aryl methyl sites for hydroxylation is 1. The Morgan fingerprint density at radius 2 is 1.59 bits per heavy atom. The number of carbonyl (C=O) groups is 1. The Balaban J connectivity index is 2.26. The fourth-order valence-corrected chi connectivity index (χ4v) is 2.43. The molecular formula is C18H15N3O. The summed E-state index contributed by atoms with van der Waals surface area (Å²) in [6.45, 7) is 3.38. The van der Waals surface area contributed by atoms with Crippen molar-refractivity contribution in [3.8, 4) is 22.6 Å². The van der Waals surface area contributed by atoms with Gasteiger partial charge in [-0.15, -0.1) is 0 Å². The van der Waals surface area contributed by atoms with Crippen LogP contribution in [-0.4, -0.2) is 20.7 Å². The molecule has 0 fully saturated rings. The van der Waals surface area contributed by atoms with E-state index in [0.29, 0.717) is 22.8 Å². The van der Waals surface area contributed by atoms with Crippen LogP contribution < -0.4 is 0 Å². The highest BCUT2D eigenvalue weighted by Gasteiger charge is 2.17. The van der Waals surface area contributed by atoms with E-state index in [0.717, 1.165) is 11.1 Å². The molecule has 2 aromatic heterocycles. The summed E-state index contributed by atoms with van der Waals surface area (Å²) in [5, 5.41) is 0. The van der Waals surface area contributed by atoms with E-state index in [1.54, 1.807) is 19.3 Å². The van der Waals surface area contributed by atoms with Crippen LogP contribution in [0.4, 0.5) is 0 Å². The Hall–Kier alpha value is -2.88. The first-order chi connectivity index (χ1) is 10.7. The molecule has 0 atom stereocenters. The van der Waals surface area contributed by atoms with Crippen molar-refractivity contribution in [2.75, 3.05) is 0 Å². The molecule has 22 heavy (non-hydrogen) atoms. The lowest BCUT2D eigenvalue weighted by Crippen LogP contribution is -2.06. The van der Waals surface area contributed by atoms with Crippen molar-refractivity contribution in [1.82, 2.24) is 15.0 Å². The van der Waals surface area contributed by atoms with Crippen molar-refractivity contribution in [3.05, 3.63) is 66.1 Å². The number of hydrogen-bond donors (Lipinski definition) is 0. The Labute approximate surface area is 128 Å². The lowest BCUT2D eigenvalue weighted by atomic mass is 10.0. The average Bonchev–Trinajstić information content (AvgIpc) is 2.55. The van der Waals surface area contributed by atoms with Gasteiger partial charge in [0.05, 0.1) is 17.0 Å². The predicted octanol–water partition coefficient (Wildman–Crippen LogP) is 3.72. The topological polar surface area (TPSA) is 55.7 Å². The fraction of sp³-hybridized carbons (Fsp3) is 0.111. The van der Waals surface area contributed by atoms with Gasteiger partial charge in [0, 0.05) is 23.5 Å². The maximum atomic E-state index is 12.0. The molecule has 0 N–H and O–H groups in total. The first-order valence-corrected chi connectivity index (χ1v) is 7.02. The summed E-state index contributed by atoms with van der Waals surface area (Å²) in [5.74, 6) is 0.582. The number of nitrogens with zero attached hydrogens (tertiary/aromatic N) is 3. The lowest BCUT2D eigenvalue weighted by molar-refractivity contribution is 0.101. The number of ketones is 1. The van der Waals surface area contributed by atoms with E-state index < -0.39 is 0 Å². The van der Waals surface area contributed by atoms with E-state index in [9.17, 15) is 4.79 Å². The molecule has 108 valence electrons. The molecule has 0 saturated carbocycles. The normalized spacial score (nSPS) is 10.5. The summed E-state index contributed by atoms with van der Waals surface area (Å²) < 4.78 is 0. The zero-order chi connectivity index (χ0) is 15.5. The smallest absolute Gasteiger partial charge is 0.163 e. The van der Waals surface area contributed by atoms with Crippen molar-refractivity contribution in [3.63, 3.8) is 0 Å². The van der Waals surface area contributed by atoms with Gasteiger partial charge in [-0.1, -0.05) is 30.3 Å². The Morgan fingerprint density at radius 1 is 0.909 bits per heavy atom. The van der Waals surface area contributed by atoms with Gasteiger partial charge in [-0.2, -0.15) is 0 Å². The molecule has 0 bridgehead atoms. The molecule has 0 spiro atoms. The van der Waals surface area contributed by atoms with Gasteiger partial charge >= 0.3 is 0 Å². The zero-order valence-electron chi connectivity index (χ0n) is 12.4. The third-order valence-corrected chi connectivity index (χ3v) is 3.43. The molecule has 3 aromatic rings. The highest BCUT2D eigenvalue weighted by Crippen LogP contribution is 2.26. The van der Waals surface area contributed by atoms with Gasteiger partial charge in [0.2, 0.25) is 0 Å². The maximum Gasteiger partial charge on any atom is 0.163 e. The standard InChI is InChI=1S/C18H15N3O/c1-12-16(13(2)22)17(14-8-10-19-11-9-14)21-18(20-12)15-6-4-3-5-7-15/h3-11H,1-2H3. The SMILES string of the molecule is CC(=O)c1c(C)nc(-c2ccccc2)nc1-c1ccncc1. The number of rotatable bonds is 3. The Kier molecular flexibility index (Phi) is 3.74. The number of carbonyl (C=O) groups excluding carboxylic acids is 1. The van der Waals surface area contributed by atoms with Crippen molar-refractivity contribution < 1.29 is 4.79 Å². The van der Waals surface area contributed by atoms with E-state index in [2.05, 4.69) is 15.0 Å². The van der Waals surface area contributed by atoms with Crippen molar-refractivity contribution in [2.45, 2.75) is 13.8 Å². The van der Waals surface area contributed by atoms with E-state index >= 15 is 0 Å². The second-order valence-electron chi connectivity index (χ2n) is 5.01. The minimum atomic E-state index is -0.0380. The molecular weight excluding hydrogens is 274 g/mol. The molecule has 0 amide bonds. The van der Waals surface area contributed by atoms with Gasteiger partial charge in [-0.05, 0) is 26.0 Å². The molecule has 0 aliphatic rings. The first-order valence-electron chi connectivity index (χ1n) is 7.02. The third-order valence-electron chi connectivity index (χ3n) is 3.43. The van der Waals surface area contributed by atoms with Gasteiger partial charge in [0.25, 0.3) is 0 Å². The van der Waals surface area contributed by atoms with Gasteiger partial charge in [0.15, 0.2) is 11.6 Å². The van der Waals surface area contributed by atoms with Crippen LogP contribution in [-0.2, 0) is 0 Å². The molecule has 0 unspecified atom stereocenters. The largest absolute Gasteiger partial charge is 0.294 e. The van der Waals surface area contributed by atoms with Crippen molar-refractivity contribution >= 4 is 5.78 Å². The summed E-state index contributed by atoms with van der Waals surface area (Å²) in [5.41, 5.74) is 3.69. The summed E-state index contributed by atoms with van der Waals surface area (Å²) in [7, 11) is 0. The van der Waals surface area contributed by atoms with Crippen LogP contribution in [0.1, 0.15) is 23.0 Å². The molecule has 0 aliphatic carbocycles. The monoisotopic (exact) mass is 289 g/mol. The summed E-state index contributed by atoms with van der Waals surface area (Å²) in [6, 6.07) is 13.4. The van der Waals surface area contributed by atoms with Gasteiger partial charge in [0.1, 0.15) is 0 Å². The summed E-state index contributed by atoms with van der Waals surface area (Å²) in [4.78, 5) is 25.2. The molecule has 3 rings (SSSR count). The second kappa shape index (κ2) is 5.85. The number of hydrogen-bond acceptors (Lipinski definition) is 4. The van der Waals surface area contributed by atoms with Crippen LogP contribution in [0.25, 0.3) is 22.6 Å². The molecule has 4 nitrogen and oxygen atoms in total. The minimum absolute atomic E-state index is 0.0380. The van der Waals surface area contributed by atoms with E-state index in [1.165, 1.54) is 0 Å². The summed E-state index contributed by atoms with van der Waals surface area (Å²) in [6.07, 6.45) is 3.39. The molecule has 0 saturated heterocycles. The fourth-order valence-electron chi connectivity index (χ4n) is 2.43. The highest BCUT2D eigenvalue weighted by molar-refractivity contribution is 6.01. The number of benzene rings is 1. The van der Waals surface area contributed by atoms with Crippen LogP contribution in [0.3, 0.4) is 0 Å². The van der Waals surface area contributed by atoms with E-state index in [1.807, 2.05) is 49.4 Å². The van der Waals surface area contributed by atoms with Gasteiger partial charge in [-0.3, -0.25) is 9.78 Å². The highest BCUT2D eigenvalue weighted by atomic mass is 16.1. The molecule has 1 aromatic carbocycles. The Morgan fingerprint density at radius 3 is 2.23 bits per heavy atom. The van der Waals surface area contributed by atoms with Crippen LogP contribution in [0, 0.1) is 6.92 Å². The number of Topliss-reactive ketones (excluding diaryl/α,β-unsaturated/α-hetero) is 1. The number of aromatic nitrogens is 3. The van der Waals surface area contributed by atoms with Crippen LogP contribution in [0.5, 0.6) is 0 Å². The molecule has 0 radical (unpaired) electrons. The van der Waals surface area contributed by atoms with Crippen LogP contribution in [0.2, 0.25) is 0 Å². The average molecular weight is 289 g/mol. The number of pyridine rings is 1. The first kappa shape index (κ1) is 14.1. The minimum Gasteiger partial charge on any atom is -0.294 e. The van der Waals surface area contributed by atoms with Gasteiger partial charge < -0.3 is 0 Å². The van der Waals surface area contributed by atoms with Gasteiger partial charge in [-0.25, -0.2) is 9.97 Å². The van der Waals surface area contributed by atoms with Crippen LogP contribution >= 0.6 is 0 Å².